The second-order valence-electron chi connectivity index (χ2n) is 5.77. The minimum absolute atomic E-state index is 0.110. The van der Waals surface area contributed by atoms with Crippen LogP contribution in [-0.4, -0.2) is 40.0 Å². The van der Waals surface area contributed by atoms with E-state index in [0.717, 1.165) is 4.88 Å². The first-order valence-corrected chi connectivity index (χ1v) is 11.0. The summed E-state index contributed by atoms with van der Waals surface area (Å²) in [5, 5.41) is 15.8. The monoisotopic (exact) mass is 425 g/mol. The van der Waals surface area contributed by atoms with Crippen molar-refractivity contribution in [2.45, 2.75) is 30.9 Å². The molecule has 11 heteroatoms. The van der Waals surface area contributed by atoms with Crippen molar-refractivity contribution >= 4 is 57.3 Å². The third-order valence-corrected chi connectivity index (χ3v) is 6.22. The molecule has 0 bridgehead atoms. The van der Waals surface area contributed by atoms with E-state index in [1.807, 2.05) is 17.5 Å². The standard InChI is InChI=1S/C16H19N5O3S3/c22-12(18-8-11-2-1-4-25-11)6-10-7-13(23)20-16(19-10)27-9-14(24)21-15-17-3-5-26-15/h1-5,10,16,19H,6-9H2,(H,18,22)(H,20,23)(H,17,21,24). The highest BCUT2D eigenvalue weighted by Crippen LogP contribution is 2.16. The van der Waals surface area contributed by atoms with Crippen LogP contribution in [-0.2, 0) is 20.9 Å². The van der Waals surface area contributed by atoms with Crippen LogP contribution in [0, 0.1) is 0 Å². The molecule has 0 aromatic carbocycles. The van der Waals surface area contributed by atoms with Crippen molar-refractivity contribution in [3.63, 3.8) is 0 Å². The largest absolute Gasteiger partial charge is 0.351 e. The van der Waals surface area contributed by atoms with Crippen LogP contribution in [0.5, 0.6) is 0 Å². The van der Waals surface area contributed by atoms with Crippen molar-refractivity contribution in [3.8, 4) is 0 Å². The molecular weight excluding hydrogens is 406 g/mol. The van der Waals surface area contributed by atoms with Gasteiger partial charge >= 0.3 is 0 Å². The van der Waals surface area contributed by atoms with Crippen LogP contribution in [0.25, 0.3) is 0 Å². The van der Waals surface area contributed by atoms with Gasteiger partial charge in [0, 0.05) is 35.3 Å². The molecule has 2 unspecified atom stereocenters. The molecule has 3 rings (SSSR count). The van der Waals surface area contributed by atoms with Gasteiger partial charge in [-0.15, -0.1) is 34.4 Å². The van der Waals surface area contributed by atoms with Crippen LogP contribution in [0.4, 0.5) is 5.13 Å². The fourth-order valence-corrected chi connectivity index (χ4v) is 4.54. The first kappa shape index (κ1) is 19.8. The molecule has 1 saturated heterocycles. The number of nitrogens with zero attached hydrogens (tertiary/aromatic N) is 1. The average molecular weight is 426 g/mol. The zero-order chi connectivity index (χ0) is 19.1. The maximum absolute atomic E-state index is 12.1. The van der Waals surface area contributed by atoms with E-state index in [1.54, 1.807) is 22.9 Å². The predicted octanol–water partition coefficient (Wildman–Crippen LogP) is 1.34. The van der Waals surface area contributed by atoms with E-state index in [-0.39, 0.29) is 42.4 Å². The lowest BCUT2D eigenvalue weighted by atomic mass is 10.1. The van der Waals surface area contributed by atoms with Crippen molar-refractivity contribution in [1.82, 2.24) is 20.9 Å². The Morgan fingerprint density at radius 2 is 2.19 bits per heavy atom. The Kier molecular flexibility index (Phi) is 7.21. The lowest BCUT2D eigenvalue weighted by Crippen LogP contribution is -2.56. The van der Waals surface area contributed by atoms with Gasteiger partial charge in [0.05, 0.1) is 12.3 Å². The summed E-state index contributed by atoms with van der Waals surface area (Å²) in [7, 11) is 0. The van der Waals surface area contributed by atoms with Gasteiger partial charge in [-0.25, -0.2) is 4.98 Å². The molecule has 1 aliphatic heterocycles. The number of anilines is 1. The average Bonchev–Trinajstić information content (AvgIpc) is 3.31. The molecule has 27 heavy (non-hydrogen) atoms. The van der Waals surface area contributed by atoms with Gasteiger partial charge < -0.3 is 16.0 Å². The first-order valence-electron chi connectivity index (χ1n) is 8.24. The van der Waals surface area contributed by atoms with Crippen molar-refractivity contribution in [2.75, 3.05) is 11.1 Å². The number of amides is 3. The smallest absolute Gasteiger partial charge is 0.236 e. The summed E-state index contributed by atoms with van der Waals surface area (Å²) in [4.78, 5) is 41.0. The molecule has 1 fully saturated rings. The fourth-order valence-electron chi connectivity index (χ4n) is 2.46. The molecule has 3 heterocycles. The third kappa shape index (κ3) is 6.61. The van der Waals surface area contributed by atoms with Crippen LogP contribution >= 0.6 is 34.4 Å². The second kappa shape index (κ2) is 9.83. The van der Waals surface area contributed by atoms with Crippen molar-refractivity contribution in [2.24, 2.45) is 0 Å². The van der Waals surface area contributed by atoms with Gasteiger partial charge in [0.15, 0.2) is 5.13 Å². The predicted molar refractivity (Wildman–Crippen MR) is 107 cm³/mol. The molecule has 4 N–H and O–H groups in total. The zero-order valence-corrected chi connectivity index (χ0v) is 16.7. The molecular formula is C16H19N5O3S3. The summed E-state index contributed by atoms with van der Waals surface area (Å²) in [6.07, 6.45) is 2.06. The number of thiazole rings is 1. The fraction of sp³-hybridized carbons (Fsp3) is 0.375. The maximum atomic E-state index is 12.1. The van der Waals surface area contributed by atoms with Crippen molar-refractivity contribution in [3.05, 3.63) is 34.0 Å². The molecule has 2 aromatic heterocycles. The summed E-state index contributed by atoms with van der Waals surface area (Å²) in [6.45, 7) is 0.491. The third-order valence-electron chi connectivity index (χ3n) is 3.64. The Balaban J connectivity index is 1.40. The van der Waals surface area contributed by atoms with Gasteiger partial charge in [-0.3, -0.25) is 19.7 Å². The number of thiophene rings is 1. The Bertz CT molecular complexity index is 766. The van der Waals surface area contributed by atoms with Gasteiger partial charge in [-0.05, 0) is 11.4 Å². The van der Waals surface area contributed by atoms with Gasteiger partial charge in [0.2, 0.25) is 17.7 Å². The SMILES string of the molecule is O=C(CC1CC(=O)NC(SCC(=O)Nc2nccs2)N1)NCc1cccs1. The topological polar surface area (TPSA) is 112 Å². The molecule has 0 radical (unpaired) electrons. The number of thioether (sulfide) groups is 1. The van der Waals surface area contributed by atoms with Gasteiger partial charge in [-0.1, -0.05) is 6.07 Å². The van der Waals surface area contributed by atoms with Gasteiger partial charge in [0.1, 0.15) is 5.50 Å². The lowest BCUT2D eigenvalue weighted by Gasteiger charge is -2.30. The van der Waals surface area contributed by atoms with E-state index in [2.05, 4.69) is 26.3 Å². The molecule has 3 amide bonds. The maximum Gasteiger partial charge on any atom is 0.236 e. The van der Waals surface area contributed by atoms with E-state index in [0.29, 0.717) is 11.7 Å². The Hall–Kier alpha value is -1.95. The highest BCUT2D eigenvalue weighted by Gasteiger charge is 2.28. The molecule has 8 nitrogen and oxygen atoms in total. The van der Waals surface area contributed by atoms with Crippen molar-refractivity contribution in [1.29, 1.82) is 0 Å². The van der Waals surface area contributed by atoms with Crippen LogP contribution < -0.4 is 21.3 Å². The summed E-state index contributed by atoms with van der Waals surface area (Å²) in [5.41, 5.74) is -0.414. The van der Waals surface area contributed by atoms with E-state index in [9.17, 15) is 14.4 Å². The minimum atomic E-state index is -0.414. The summed E-state index contributed by atoms with van der Waals surface area (Å²) >= 11 is 4.19. The van der Waals surface area contributed by atoms with E-state index < -0.39 is 5.50 Å². The Morgan fingerprint density at radius 1 is 1.30 bits per heavy atom. The number of nitrogens with one attached hydrogen (secondary N) is 4. The second-order valence-corrected chi connectivity index (χ2v) is 8.79. The van der Waals surface area contributed by atoms with Gasteiger partial charge in [0.25, 0.3) is 0 Å². The first-order chi connectivity index (χ1) is 13.1. The molecule has 2 aromatic rings. The zero-order valence-electron chi connectivity index (χ0n) is 14.3. The van der Waals surface area contributed by atoms with Crippen LogP contribution in [0.1, 0.15) is 17.7 Å². The molecule has 144 valence electrons. The lowest BCUT2D eigenvalue weighted by molar-refractivity contribution is -0.125. The van der Waals surface area contributed by atoms with Crippen LogP contribution in [0.2, 0.25) is 0 Å². The summed E-state index contributed by atoms with van der Waals surface area (Å²) in [6, 6.07) is 3.63. The molecule has 0 spiro atoms. The number of hydrogen-bond acceptors (Lipinski definition) is 8. The highest BCUT2D eigenvalue weighted by atomic mass is 32.2. The Labute approximate surface area is 168 Å². The summed E-state index contributed by atoms with van der Waals surface area (Å²) < 4.78 is 0. The Morgan fingerprint density at radius 3 is 2.93 bits per heavy atom. The quantitative estimate of drug-likeness (QED) is 0.508. The van der Waals surface area contributed by atoms with E-state index in [1.165, 1.54) is 23.1 Å². The van der Waals surface area contributed by atoms with Crippen LogP contribution in [0.3, 0.4) is 0 Å². The van der Waals surface area contributed by atoms with E-state index in [4.69, 9.17) is 0 Å². The number of aromatic nitrogens is 1. The normalized spacial score (nSPS) is 19.3. The number of rotatable bonds is 8. The highest BCUT2D eigenvalue weighted by molar-refractivity contribution is 8.00. The van der Waals surface area contributed by atoms with Crippen LogP contribution in [0.15, 0.2) is 29.1 Å². The number of hydrogen-bond donors (Lipinski definition) is 4. The minimum Gasteiger partial charge on any atom is -0.351 e. The molecule has 0 saturated carbocycles. The molecule has 2 atom stereocenters. The van der Waals surface area contributed by atoms with E-state index >= 15 is 0 Å². The van der Waals surface area contributed by atoms with Crippen molar-refractivity contribution < 1.29 is 14.4 Å². The number of carbonyl (C=O) groups excluding carboxylic acids is 3. The summed E-state index contributed by atoms with van der Waals surface area (Å²) in [5.74, 6) is -0.278. The van der Waals surface area contributed by atoms with Gasteiger partial charge in [-0.2, -0.15) is 0 Å². The molecule has 0 aliphatic carbocycles. The molecule has 1 aliphatic rings. The number of carbonyl (C=O) groups is 3.